The van der Waals surface area contributed by atoms with E-state index in [2.05, 4.69) is 4.98 Å². The van der Waals surface area contributed by atoms with Gasteiger partial charge in [-0.1, -0.05) is 36.4 Å². The van der Waals surface area contributed by atoms with Crippen LogP contribution in [-0.2, 0) is 0 Å². The second-order valence-electron chi connectivity index (χ2n) is 6.15. The SMILES string of the molecule is Fc1cccc(-c2cc(-c3cccc(F)c3)c(-c3cccc(F)c3)cn2)c1. The number of rotatable bonds is 3. The molecule has 1 aromatic heterocycles. The van der Waals surface area contributed by atoms with Gasteiger partial charge >= 0.3 is 0 Å². The topological polar surface area (TPSA) is 12.9 Å². The van der Waals surface area contributed by atoms with Gasteiger partial charge < -0.3 is 0 Å². The van der Waals surface area contributed by atoms with Crippen LogP contribution in [0.25, 0.3) is 33.5 Å². The molecule has 4 aromatic rings. The Bertz CT molecular complexity index is 1120. The Labute approximate surface area is 154 Å². The fourth-order valence-electron chi connectivity index (χ4n) is 3.04. The lowest BCUT2D eigenvalue weighted by molar-refractivity contribution is 0.627. The average molecular weight is 361 g/mol. The highest BCUT2D eigenvalue weighted by atomic mass is 19.1. The van der Waals surface area contributed by atoms with Crippen molar-refractivity contribution in [2.45, 2.75) is 0 Å². The van der Waals surface area contributed by atoms with Crippen molar-refractivity contribution < 1.29 is 13.2 Å². The van der Waals surface area contributed by atoms with E-state index in [9.17, 15) is 13.2 Å². The van der Waals surface area contributed by atoms with Crippen LogP contribution in [0.3, 0.4) is 0 Å². The monoisotopic (exact) mass is 361 g/mol. The molecule has 4 heteroatoms. The zero-order valence-corrected chi connectivity index (χ0v) is 14.2. The van der Waals surface area contributed by atoms with Crippen molar-refractivity contribution >= 4 is 0 Å². The summed E-state index contributed by atoms with van der Waals surface area (Å²) < 4.78 is 41.1. The van der Waals surface area contributed by atoms with Crippen LogP contribution in [0.2, 0.25) is 0 Å². The van der Waals surface area contributed by atoms with Crippen LogP contribution in [0, 0.1) is 17.5 Å². The molecule has 0 saturated heterocycles. The number of aromatic nitrogens is 1. The van der Waals surface area contributed by atoms with Crippen molar-refractivity contribution in [2.75, 3.05) is 0 Å². The number of hydrogen-bond donors (Lipinski definition) is 0. The molecule has 0 aliphatic heterocycles. The van der Waals surface area contributed by atoms with Crippen LogP contribution in [-0.4, -0.2) is 4.98 Å². The Kier molecular flexibility index (Phi) is 4.47. The maximum Gasteiger partial charge on any atom is 0.123 e. The van der Waals surface area contributed by atoms with Crippen molar-refractivity contribution in [3.63, 3.8) is 0 Å². The summed E-state index contributed by atoms with van der Waals surface area (Å²) in [5.74, 6) is -1.11. The molecule has 0 bridgehead atoms. The molecule has 0 atom stereocenters. The van der Waals surface area contributed by atoms with E-state index >= 15 is 0 Å². The highest BCUT2D eigenvalue weighted by Crippen LogP contribution is 2.35. The number of halogens is 3. The second-order valence-corrected chi connectivity index (χ2v) is 6.15. The van der Waals surface area contributed by atoms with Crippen LogP contribution >= 0.6 is 0 Å². The molecule has 0 fully saturated rings. The molecule has 0 unspecified atom stereocenters. The van der Waals surface area contributed by atoms with Gasteiger partial charge in [-0.05, 0) is 59.2 Å². The first kappa shape index (κ1) is 17.0. The van der Waals surface area contributed by atoms with Crippen molar-refractivity contribution in [3.05, 3.63) is 103 Å². The van der Waals surface area contributed by atoms with Gasteiger partial charge in [0.25, 0.3) is 0 Å². The Hall–Kier alpha value is -3.40. The van der Waals surface area contributed by atoms with Gasteiger partial charge in [0.15, 0.2) is 0 Å². The normalized spacial score (nSPS) is 10.8. The lowest BCUT2D eigenvalue weighted by Gasteiger charge is -2.13. The molecule has 0 N–H and O–H groups in total. The lowest BCUT2D eigenvalue weighted by Crippen LogP contribution is -1.92. The molecule has 4 rings (SSSR count). The summed E-state index contributed by atoms with van der Waals surface area (Å²) in [6.07, 6.45) is 1.61. The molecule has 0 spiro atoms. The number of nitrogens with zero attached hydrogens (tertiary/aromatic N) is 1. The van der Waals surface area contributed by atoms with Gasteiger partial charge in [-0.15, -0.1) is 0 Å². The first-order valence-electron chi connectivity index (χ1n) is 8.38. The standard InChI is InChI=1S/C23H14F3N/c24-18-7-1-4-15(10-18)21-13-23(17-6-3-9-20(26)12-17)27-14-22(21)16-5-2-8-19(25)11-16/h1-14H. The molecule has 1 heterocycles. The zero-order valence-electron chi connectivity index (χ0n) is 14.2. The molecule has 0 radical (unpaired) electrons. The van der Waals surface area contributed by atoms with E-state index in [1.54, 1.807) is 48.7 Å². The fraction of sp³-hybridized carbons (Fsp3) is 0. The molecule has 0 aliphatic carbocycles. The minimum Gasteiger partial charge on any atom is -0.256 e. The largest absolute Gasteiger partial charge is 0.256 e. The minimum atomic E-state index is -0.373. The van der Waals surface area contributed by atoms with E-state index in [4.69, 9.17) is 0 Å². The second kappa shape index (κ2) is 7.08. The highest BCUT2D eigenvalue weighted by Gasteiger charge is 2.12. The fourth-order valence-corrected chi connectivity index (χ4v) is 3.04. The number of hydrogen-bond acceptors (Lipinski definition) is 1. The van der Waals surface area contributed by atoms with Crippen LogP contribution in [0.15, 0.2) is 85.1 Å². The van der Waals surface area contributed by atoms with Crippen LogP contribution in [0.4, 0.5) is 13.2 Å². The molecule has 0 aliphatic rings. The number of benzene rings is 3. The van der Waals surface area contributed by atoms with Crippen molar-refractivity contribution in [3.8, 4) is 33.5 Å². The van der Waals surface area contributed by atoms with Crippen molar-refractivity contribution in [2.24, 2.45) is 0 Å². The van der Waals surface area contributed by atoms with Crippen LogP contribution in [0.5, 0.6) is 0 Å². The van der Waals surface area contributed by atoms with Crippen LogP contribution in [0.1, 0.15) is 0 Å². The molecule has 0 saturated carbocycles. The minimum absolute atomic E-state index is 0.365. The maximum atomic E-state index is 13.8. The van der Waals surface area contributed by atoms with Gasteiger partial charge in [-0.25, -0.2) is 13.2 Å². The van der Waals surface area contributed by atoms with E-state index in [1.807, 2.05) is 0 Å². The predicted octanol–water partition coefficient (Wildman–Crippen LogP) is 6.50. The van der Waals surface area contributed by atoms with Gasteiger partial charge in [0.1, 0.15) is 17.5 Å². The first-order chi connectivity index (χ1) is 13.1. The highest BCUT2D eigenvalue weighted by molar-refractivity contribution is 5.85. The summed E-state index contributed by atoms with van der Waals surface area (Å²) in [5, 5.41) is 0. The molecular formula is C23H14F3N. The van der Waals surface area contributed by atoms with E-state index in [0.717, 1.165) is 0 Å². The maximum absolute atomic E-state index is 13.8. The van der Waals surface area contributed by atoms with Crippen LogP contribution < -0.4 is 0 Å². The zero-order chi connectivity index (χ0) is 18.8. The Morgan fingerprint density at radius 3 is 1.56 bits per heavy atom. The molecule has 27 heavy (non-hydrogen) atoms. The number of pyridine rings is 1. The lowest BCUT2D eigenvalue weighted by atomic mass is 9.94. The smallest absolute Gasteiger partial charge is 0.123 e. The van der Waals surface area contributed by atoms with Gasteiger partial charge in [-0.3, -0.25) is 4.98 Å². The van der Waals surface area contributed by atoms with Gasteiger partial charge in [0.2, 0.25) is 0 Å². The van der Waals surface area contributed by atoms with E-state index in [-0.39, 0.29) is 17.5 Å². The third kappa shape index (κ3) is 3.60. The van der Waals surface area contributed by atoms with Gasteiger partial charge in [0.05, 0.1) is 5.69 Å². The third-order valence-electron chi connectivity index (χ3n) is 4.30. The summed E-state index contributed by atoms with van der Waals surface area (Å²) in [4.78, 5) is 4.42. The summed E-state index contributed by atoms with van der Waals surface area (Å²) >= 11 is 0. The van der Waals surface area contributed by atoms with E-state index < -0.39 is 0 Å². The molecule has 1 nitrogen and oxygen atoms in total. The summed E-state index contributed by atoms with van der Waals surface area (Å²) in [7, 11) is 0. The van der Waals surface area contributed by atoms with Crippen molar-refractivity contribution in [1.82, 2.24) is 4.98 Å². The Morgan fingerprint density at radius 2 is 1.00 bits per heavy atom. The molecule has 3 aromatic carbocycles. The summed E-state index contributed by atoms with van der Waals surface area (Å²) in [6, 6.07) is 20.2. The average Bonchev–Trinajstić information content (AvgIpc) is 2.67. The van der Waals surface area contributed by atoms with Gasteiger partial charge in [-0.2, -0.15) is 0 Å². The van der Waals surface area contributed by atoms with Crippen molar-refractivity contribution in [1.29, 1.82) is 0 Å². The first-order valence-corrected chi connectivity index (χ1v) is 8.38. The summed E-state index contributed by atoms with van der Waals surface area (Å²) in [5.41, 5.74) is 3.78. The Balaban J connectivity index is 1.94. The Morgan fingerprint density at radius 1 is 0.519 bits per heavy atom. The van der Waals surface area contributed by atoms with E-state index in [1.165, 1.54) is 36.4 Å². The molecule has 0 amide bonds. The third-order valence-corrected chi connectivity index (χ3v) is 4.30. The molecular weight excluding hydrogens is 347 g/mol. The van der Waals surface area contributed by atoms with E-state index in [0.29, 0.717) is 33.5 Å². The summed E-state index contributed by atoms with van der Waals surface area (Å²) in [6.45, 7) is 0. The molecule has 132 valence electrons. The van der Waals surface area contributed by atoms with Gasteiger partial charge in [0, 0.05) is 17.3 Å². The quantitative estimate of drug-likeness (QED) is 0.406. The predicted molar refractivity (Wildman–Crippen MR) is 100 cm³/mol.